The summed E-state index contributed by atoms with van der Waals surface area (Å²) in [4.78, 5) is 0. The van der Waals surface area contributed by atoms with Crippen LogP contribution in [0.2, 0.25) is 0 Å². The maximum absolute atomic E-state index is 10.7. The molecule has 94 valence electrons. The van der Waals surface area contributed by atoms with Gasteiger partial charge in [-0.2, -0.15) is 5.10 Å². The van der Waals surface area contributed by atoms with Crippen LogP contribution in [0.3, 0.4) is 0 Å². The average Bonchev–Trinajstić information content (AvgIpc) is 3.00. The Bertz CT molecular complexity index is 524. The van der Waals surface area contributed by atoms with Crippen LogP contribution in [0.1, 0.15) is 23.2 Å². The zero-order valence-corrected chi connectivity index (χ0v) is 10.2. The molecule has 1 heterocycles. The van der Waals surface area contributed by atoms with Gasteiger partial charge >= 0.3 is 0 Å². The smallest absolute Gasteiger partial charge is 0.103 e. The Kier molecular flexibility index (Phi) is 2.89. The third-order valence-electron chi connectivity index (χ3n) is 3.62. The average molecular weight is 243 g/mol. The van der Waals surface area contributed by atoms with Gasteiger partial charge in [-0.1, -0.05) is 24.3 Å². The third-order valence-corrected chi connectivity index (χ3v) is 3.62. The number of rotatable bonds is 4. The first-order valence-corrected chi connectivity index (χ1v) is 6.28. The van der Waals surface area contributed by atoms with E-state index in [1.54, 1.807) is 6.20 Å². The van der Waals surface area contributed by atoms with Gasteiger partial charge in [0.25, 0.3) is 0 Å². The molecule has 1 unspecified atom stereocenters. The highest BCUT2D eigenvalue weighted by molar-refractivity contribution is 5.37. The number of aromatic nitrogens is 2. The fourth-order valence-corrected chi connectivity index (χ4v) is 2.64. The number of benzene rings is 1. The molecule has 4 heteroatoms. The van der Waals surface area contributed by atoms with E-state index in [9.17, 15) is 5.11 Å². The van der Waals surface area contributed by atoms with Crippen LogP contribution in [0.15, 0.2) is 36.5 Å². The Morgan fingerprint density at radius 2 is 2.22 bits per heavy atom. The van der Waals surface area contributed by atoms with Crippen molar-refractivity contribution in [2.24, 2.45) is 0 Å². The standard InChI is InChI=1S/C14H17N3O/c18-14(10-15-9-12-6-8-16-17-12)7-5-11-3-1-2-4-13(11)14/h1-4,6,8,15,18H,5,7,9-10H2,(H,16,17). The molecule has 1 aliphatic carbocycles. The van der Waals surface area contributed by atoms with Crippen molar-refractivity contribution in [1.29, 1.82) is 0 Å². The van der Waals surface area contributed by atoms with Crippen LogP contribution >= 0.6 is 0 Å². The SMILES string of the molecule is OC1(CNCc2ccn[nH]2)CCc2ccccc21. The molecule has 4 nitrogen and oxygen atoms in total. The van der Waals surface area contributed by atoms with Gasteiger partial charge in [0.2, 0.25) is 0 Å². The quantitative estimate of drug-likeness (QED) is 0.759. The summed E-state index contributed by atoms with van der Waals surface area (Å²) in [6, 6.07) is 10.1. The molecule has 1 aliphatic rings. The van der Waals surface area contributed by atoms with Gasteiger partial charge in [-0.25, -0.2) is 0 Å². The van der Waals surface area contributed by atoms with Crippen molar-refractivity contribution in [2.75, 3.05) is 6.54 Å². The second-order valence-corrected chi connectivity index (χ2v) is 4.87. The van der Waals surface area contributed by atoms with Gasteiger partial charge in [0, 0.05) is 25.0 Å². The number of nitrogens with zero attached hydrogens (tertiary/aromatic N) is 1. The van der Waals surface area contributed by atoms with Crippen molar-refractivity contribution in [3.63, 3.8) is 0 Å². The fourth-order valence-electron chi connectivity index (χ4n) is 2.64. The third kappa shape index (κ3) is 2.05. The summed E-state index contributed by atoms with van der Waals surface area (Å²) in [5.74, 6) is 0. The molecule has 0 fully saturated rings. The maximum atomic E-state index is 10.7. The molecule has 0 amide bonds. The molecule has 0 aliphatic heterocycles. The lowest BCUT2D eigenvalue weighted by molar-refractivity contribution is 0.0384. The van der Waals surface area contributed by atoms with Gasteiger partial charge in [-0.3, -0.25) is 5.10 Å². The second-order valence-electron chi connectivity index (χ2n) is 4.87. The second kappa shape index (κ2) is 4.55. The lowest BCUT2D eigenvalue weighted by Crippen LogP contribution is -2.36. The summed E-state index contributed by atoms with van der Waals surface area (Å²) in [6.45, 7) is 1.27. The number of aryl methyl sites for hydroxylation is 1. The molecule has 0 spiro atoms. The highest BCUT2D eigenvalue weighted by Crippen LogP contribution is 2.36. The zero-order valence-electron chi connectivity index (χ0n) is 10.2. The van der Waals surface area contributed by atoms with E-state index in [1.165, 1.54) is 5.56 Å². The Balaban J connectivity index is 1.66. The summed E-state index contributed by atoms with van der Waals surface area (Å²) in [6.07, 6.45) is 3.48. The number of aliphatic hydroxyl groups is 1. The molecular formula is C14H17N3O. The van der Waals surface area contributed by atoms with E-state index in [0.29, 0.717) is 13.1 Å². The van der Waals surface area contributed by atoms with E-state index in [0.717, 1.165) is 24.1 Å². The molecule has 0 radical (unpaired) electrons. The van der Waals surface area contributed by atoms with E-state index < -0.39 is 5.60 Å². The molecule has 0 saturated carbocycles. The number of nitrogens with one attached hydrogen (secondary N) is 2. The van der Waals surface area contributed by atoms with Gasteiger partial charge in [-0.15, -0.1) is 0 Å². The van der Waals surface area contributed by atoms with Crippen LogP contribution in [0.25, 0.3) is 0 Å². The molecule has 3 rings (SSSR count). The molecule has 0 saturated heterocycles. The highest BCUT2D eigenvalue weighted by atomic mass is 16.3. The molecule has 1 atom stereocenters. The summed E-state index contributed by atoms with van der Waals surface area (Å²) >= 11 is 0. The summed E-state index contributed by atoms with van der Waals surface area (Å²) in [5, 5.41) is 20.8. The van der Waals surface area contributed by atoms with Crippen molar-refractivity contribution in [3.8, 4) is 0 Å². The monoisotopic (exact) mass is 243 g/mol. The van der Waals surface area contributed by atoms with E-state index in [2.05, 4.69) is 21.6 Å². The number of fused-ring (bicyclic) bond motifs is 1. The lowest BCUT2D eigenvalue weighted by Gasteiger charge is -2.24. The molecule has 0 bridgehead atoms. The topological polar surface area (TPSA) is 60.9 Å². The van der Waals surface area contributed by atoms with Crippen LogP contribution in [-0.4, -0.2) is 21.8 Å². The Morgan fingerprint density at radius 3 is 3.06 bits per heavy atom. The predicted octanol–water partition coefficient (Wildman–Crippen LogP) is 1.33. The summed E-state index contributed by atoms with van der Waals surface area (Å²) in [7, 11) is 0. The van der Waals surface area contributed by atoms with E-state index >= 15 is 0 Å². The normalized spacial score (nSPS) is 22.1. The minimum absolute atomic E-state index is 0.572. The summed E-state index contributed by atoms with van der Waals surface area (Å²) < 4.78 is 0. The van der Waals surface area contributed by atoms with Crippen LogP contribution in [0.4, 0.5) is 0 Å². The Hall–Kier alpha value is -1.65. The first-order valence-electron chi connectivity index (χ1n) is 6.28. The lowest BCUT2D eigenvalue weighted by atomic mass is 9.96. The number of hydrogen-bond acceptors (Lipinski definition) is 3. The minimum Gasteiger partial charge on any atom is -0.384 e. The molecule has 3 N–H and O–H groups in total. The van der Waals surface area contributed by atoms with Crippen LogP contribution in [0, 0.1) is 0 Å². The number of aromatic amines is 1. The Morgan fingerprint density at radius 1 is 1.33 bits per heavy atom. The summed E-state index contributed by atoms with van der Waals surface area (Å²) in [5.41, 5.74) is 2.65. The molecular weight excluding hydrogens is 226 g/mol. The molecule has 1 aromatic carbocycles. The predicted molar refractivity (Wildman–Crippen MR) is 69.0 cm³/mol. The van der Waals surface area contributed by atoms with Gasteiger partial charge < -0.3 is 10.4 Å². The first kappa shape index (κ1) is 11.4. The van der Waals surface area contributed by atoms with E-state index in [4.69, 9.17) is 0 Å². The maximum Gasteiger partial charge on any atom is 0.103 e. The first-order chi connectivity index (χ1) is 8.78. The van der Waals surface area contributed by atoms with Gasteiger partial charge in [-0.05, 0) is 30.0 Å². The van der Waals surface area contributed by atoms with E-state index in [1.807, 2.05) is 24.3 Å². The van der Waals surface area contributed by atoms with Crippen molar-refractivity contribution < 1.29 is 5.11 Å². The molecule has 1 aromatic heterocycles. The van der Waals surface area contributed by atoms with Crippen molar-refractivity contribution in [2.45, 2.75) is 25.0 Å². The van der Waals surface area contributed by atoms with Crippen LogP contribution in [0.5, 0.6) is 0 Å². The van der Waals surface area contributed by atoms with E-state index in [-0.39, 0.29) is 0 Å². The van der Waals surface area contributed by atoms with Gasteiger partial charge in [0.15, 0.2) is 0 Å². The number of H-pyrrole nitrogens is 1. The van der Waals surface area contributed by atoms with Crippen molar-refractivity contribution in [1.82, 2.24) is 15.5 Å². The molecule has 2 aromatic rings. The number of hydrogen-bond donors (Lipinski definition) is 3. The highest BCUT2D eigenvalue weighted by Gasteiger charge is 2.35. The van der Waals surface area contributed by atoms with Crippen LogP contribution in [-0.2, 0) is 18.6 Å². The van der Waals surface area contributed by atoms with Crippen LogP contribution < -0.4 is 5.32 Å². The van der Waals surface area contributed by atoms with Gasteiger partial charge in [0.05, 0.1) is 0 Å². The van der Waals surface area contributed by atoms with Crippen molar-refractivity contribution >= 4 is 0 Å². The molecule has 18 heavy (non-hydrogen) atoms. The Labute approximate surface area is 106 Å². The van der Waals surface area contributed by atoms with Gasteiger partial charge in [0.1, 0.15) is 5.60 Å². The van der Waals surface area contributed by atoms with Crippen molar-refractivity contribution in [3.05, 3.63) is 53.3 Å². The fraction of sp³-hybridized carbons (Fsp3) is 0.357. The largest absolute Gasteiger partial charge is 0.384 e. The zero-order chi connectivity index (χ0) is 12.4. The minimum atomic E-state index is -0.726.